The van der Waals surface area contributed by atoms with E-state index in [1.54, 1.807) is 0 Å². The van der Waals surface area contributed by atoms with Gasteiger partial charge in [-0.1, -0.05) is 64.1 Å². The minimum absolute atomic E-state index is 0.512. The Labute approximate surface area is 193 Å². The Morgan fingerprint density at radius 2 is 1.33 bits per heavy atom. The third-order valence-electron chi connectivity index (χ3n) is 5.64. The maximum atomic E-state index is 6.89. The van der Waals surface area contributed by atoms with Crippen LogP contribution in [0.4, 0.5) is 0 Å². The fourth-order valence-corrected chi connectivity index (χ4v) is 13.4. The zero-order chi connectivity index (χ0) is 21.1. The van der Waals surface area contributed by atoms with Gasteiger partial charge in [0.25, 0.3) is 0 Å². The molecule has 0 N–H and O–H groups in total. The fourth-order valence-electron chi connectivity index (χ4n) is 4.12. The number of rotatable bonds is 8. The second-order valence-corrected chi connectivity index (χ2v) is 16.4. The molecule has 4 aromatic rings. The largest absolute Gasteiger partial charge is 0.407 e. The molecule has 1 nitrogen and oxygen atoms in total. The summed E-state index contributed by atoms with van der Waals surface area (Å²) in [5.74, 6) is 0. The van der Waals surface area contributed by atoms with Crippen molar-refractivity contribution in [3.8, 4) is 19.5 Å². The van der Waals surface area contributed by atoms with Crippen LogP contribution in [0.2, 0.25) is 11.1 Å². The van der Waals surface area contributed by atoms with E-state index in [0.717, 1.165) is 0 Å². The molecule has 5 heteroatoms. The van der Waals surface area contributed by atoms with E-state index in [4.69, 9.17) is 4.43 Å². The summed E-state index contributed by atoms with van der Waals surface area (Å²) in [7, 11) is -2.14. The first-order chi connectivity index (χ1) is 14.5. The Balaban J connectivity index is 1.64. The highest BCUT2D eigenvalue weighted by Crippen LogP contribution is 2.41. The molecule has 0 aliphatic carbocycles. The van der Waals surface area contributed by atoms with Gasteiger partial charge in [-0.15, -0.1) is 34.0 Å². The summed E-state index contributed by atoms with van der Waals surface area (Å²) in [6.45, 7) is 10.1. The van der Waals surface area contributed by atoms with E-state index in [9.17, 15) is 0 Å². The van der Waals surface area contributed by atoms with Crippen LogP contribution in [0, 0.1) is 0 Å². The number of hydrogen-bond acceptors (Lipinski definition) is 4. The van der Waals surface area contributed by atoms with Gasteiger partial charge in [-0.3, -0.25) is 0 Å². The highest BCUT2D eigenvalue weighted by Gasteiger charge is 2.45. The first-order valence-corrected chi connectivity index (χ1v) is 15.0. The van der Waals surface area contributed by atoms with Gasteiger partial charge in [-0.05, 0) is 52.4 Å². The molecule has 0 aliphatic rings. The van der Waals surface area contributed by atoms with Crippen LogP contribution in [-0.4, -0.2) is 8.32 Å². The number of hydrogen-bond donors (Lipinski definition) is 0. The van der Waals surface area contributed by atoms with Gasteiger partial charge in [0.05, 0.1) is 6.61 Å². The first kappa shape index (κ1) is 21.7. The van der Waals surface area contributed by atoms with Gasteiger partial charge in [-0.25, -0.2) is 0 Å². The lowest BCUT2D eigenvalue weighted by molar-refractivity contribution is 0.283. The van der Waals surface area contributed by atoms with Gasteiger partial charge in [-0.2, -0.15) is 0 Å². The van der Waals surface area contributed by atoms with E-state index in [1.165, 1.54) is 29.6 Å². The maximum Gasteiger partial charge on any atom is 0.239 e. The van der Waals surface area contributed by atoms with E-state index in [-0.39, 0.29) is 0 Å². The molecule has 0 saturated carbocycles. The third kappa shape index (κ3) is 4.27. The average molecular weight is 469 g/mol. The summed E-state index contributed by atoms with van der Waals surface area (Å²) in [6, 6.07) is 24.1. The summed E-state index contributed by atoms with van der Waals surface area (Å²) in [6.07, 6.45) is 0. The van der Waals surface area contributed by atoms with Crippen LogP contribution in [0.1, 0.15) is 33.3 Å². The van der Waals surface area contributed by atoms with E-state index in [0.29, 0.717) is 17.7 Å². The lowest BCUT2D eigenvalue weighted by Gasteiger charge is -2.38. The molecule has 3 heterocycles. The van der Waals surface area contributed by atoms with Gasteiger partial charge in [0.2, 0.25) is 8.32 Å². The smallest absolute Gasteiger partial charge is 0.239 e. The summed E-state index contributed by atoms with van der Waals surface area (Å²) >= 11 is 5.64. The van der Waals surface area contributed by atoms with Crippen molar-refractivity contribution in [1.82, 2.24) is 0 Å². The number of thiophene rings is 3. The second-order valence-electron chi connectivity index (χ2n) is 8.18. The predicted octanol–water partition coefficient (Wildman–Crippen LogP) is 8.39. The molecule has 156 valence electrons. The molecule has 0 unspecified atom stereocenters. The normalized spacial score (nSPS) is 12.2. The molecular formula is C25H28OS3Si. The third-order valence-corrected chi connectivity index (χ3v) is 15.1. The molecule has 30 heavy (non-hydrogen) atoms. The van der Waals surface area contributed by atoms with Crippen molar-refractivity contribution < 1.29 is 4.43 Å². The predicted molar refractivity (Wildman–Crippen MR) is 138 cm³/mol. The van der Waals surface area contributed by atoms with Crippen LogP contribution in [0.25, 0.3) is 19.5 Å². The molecule has 0 saturated heterocycles. The molecule has 0 spiro atoms. The van der Waals surface area contributed by atoms with Gasteiger partial charge in [0.1, 0.15) is 0 Å². The molecule has 0 bridgehead atoms. The lowest BCUT2D eigenvalue weighted by atomic mass is 10.2. The van der Waals surface area contributed by atoms with Crippen LogP contribution < -0.4 is 4.50 Å². The Morgan fingerprint density at radius 1 is 0.700 bits per heavy atom. The van der Waals surface area contributed by atoms with Crippen molar-refractivity contribution >= 4 is 46.8 Å². The van der Waals surface area contributed by atoms with Crippen molar-refractivity contribution in [2.24, 2.45) is 0 Å². The zero-order valence-electron chi connectivity index (χ0n) is 17.9. The lowest BCUT2D eigenvalue weighted by Crippen LogP contribution is -2.54. The monoisotopic (exact) mass is 468 g/mol. The average Bonchev–Trinajstić information content (AvgIpc) is 3.49. The topological polar surface area (TPSA) is 9.23 Å². The Kier molecular flexibility index (Phi) is 6.75. The van der Waals surface area contributed by atoms with Gasteiger partial charge in [0, 0.05) is 24.0 Å². The van der Waals surface area contributed by atoms with Crippen molar-refractivity contribution in [3.05, 3.63) is 77.7 Å². The quantitative estimate of drug-likeness (QED) is 0.236. The van der Waals surface area contributed by atoms with Crippen molar-refractivity contribution in [3.63, 3.8) is 0 Å². The van der Waals surface area contributed by atoms with Crippen LogP contribution in [-0.2, 0) is 11.0 Å². The molecule has 1 aromatic carbocycles. The molecular weight excluding hydrogens is 441 g/mol. The molecule has 0 radical (unpaired) electrons. The summed E-state index contributed by atoms with van der Waals surface area (Å²) in [4.78, 5) is 5.42. The van der Waals surface area contributed by atoms with Crippen LogP contribution in [0.3, 0.4) is 0 Å². The van der Waals surface area contributed by atoms with Crippen molar-refractivity contribution in [2.45, 2.75) is 45.4 Å². The second kappa shape index (κ2) is 9.33. The van der Waals surface area contributed by atoms with Gasteiger partial charge < -0.3 is 4.43 Å². The molecule has 0 amide bonds. The van der Waals surface area contributed by atoms with Crippen LogP contribution in [0.15, 0.2) is 72.1 Å². The Bertz CT molecular complexity index is 1050. The maximum absolute atomic E-state index is 6.89. The summed E-state index contributed by atoms with van der Waals surface area (Å²) < 4.78 is 8.35. The molecule has 4 rings (SSSR count). The SMILES string of the molecule is CC(C)[Si](OCc1ccccc1)(c1ccc(-c2ccc(-c3cccs3)s2)s1)C(C)C. The highest BCUT2D eigenvalue weighted by atomic mass is 32.1. The number of benzene rings is 1. The van der Waals surface area contributed by atoms with Gasteiger partial charge in [0.15, 0.2) is 0 Å². The fraction of sp³-hybridized carbons (Fsp3) is 0.280. The standard InChI is InChI=1S/C25H28OS3Si/c1-18(2)30(19(3)4,26-17-20-9-6-5-7-10-20)25-15-14-24(29-25)23-13-12-22(28-23)21-11-8-16-27-21/h5-16,18-19H,17H2,1-4H3. The minimum atomic E-state index is -2.14. The zero-order valence-corrected chi connectivity index (χ0v) is 21.4. The molecule has 3 aromatic heterocycles. The Hall–Kier alpha value is -1.50. The van der Waals surface area contributed by atoms with E-state index < -0.39 is 8.32 Å². The van der Waals surface area contributed by atoms with Crippen molar-refractivity contribution in [2.75, 3.05) is 0 Å². The highest BCUT2D eigenvalue weighted by molar-refractivity contribution is 7.31. The van der Waals surface area contributed by atoms with Crippen LogP contribution in [0.5, 0.6) is 0 Å². The van der Waals surface area contributed by atoms with Gasteiger partial charge >= 0.3 is 0 Å². The van der Waals surface area contributed by atoms with Crippen LogP contribution >= 0.6 is 34.0 Å². The Morgan fingerprint density at radius 3 is 1.97 bits per heavy atom. The molecule has 0 fully saturated rings. The minimum Gasteiger partial charge on any atom is -0.407 e. The molecule has 0 atom stereocenters. The summed E-state index contributed by atoms with van der Waals surface area (Å²) in [5.41, 5.74) is 2.28. The molecule has 0 aliphatic heterocycles. The van der Waals surface area contributed by atoms with Crippen molar-refractivity contribution in [1.29, 1.82) is 0 Å². The van der Waals surface area contributed by atoms with E-state index in [1.807, 2.05) is 34.0 Å². The summed E-state index contributed by atoms with van der Waals surface area (Å²) in [5, 5.41) is 2.15. The van der Waals surface area contributed by atoms with E-state index >= 15 is 0 Å². The first-order valence-electron chi connectivity index (χ1n) is 10.4. The van der Waals surface area contributed by atoms with E-state index in [2.05, 4.69) is 99.8 Å².